The minimum atomic E-state index is -1.40. The molecule has 134 valence electrons. The third-order valence-corrected chi connectivity index (χ3v) is 3.77. The van der Waals surface area contributed by atoms with E-state index in [9.17, 15) is 18.4 Å². The van der Waals surface area contributed by atoms with Crippen LogP contribution in [0.4, 0.5) is 8.78 Å². The number of carboxylic acid groups (broad SMARTS) is 1. The summed E-state index contributed by atoms with van der Waals surface area (Å²) in [4.78, 5) is 34.8. The van der Waals surface area contributed by atoms with E-state index in [0.717, 1.165) is 18.2 Å². The first-order valence-electron chi connectivity index (χ1n) is 7.65. The van der Waals surface area contributed by atoms with E-state index < -0.39 is 41.5 Å². The van der Waals surface area contributed by atoms with E-state index in [1.807, 2.05) is 0 Å². The molecule has 0 fully saturated rings. The topological polar surface area (TPSA) is 108 Å². The minimum Gasteiger partial charge on any atom is -0.481 e. The van der Waals surface area contributed by atoms with Crippen LogP contribution in [0.2, 0.25) is 0 Å². The second-order valence-corrected chi connectivity index (χ2v) is 5.62. The highest BCUT2D eigenvalue weighted by molar-refractivity contribution is 6.03. The fourth-order valence-electron chi connectivity index (χ4n) is 2.70. The minimum absolute atomic E-state index is 0.0131. The van der Waals surface area contributed by atoms with Crippen molar-refractivity contribution in [2.75, 3.05) is 0 Å². The molecule has 3 aromatic rings. The van der Waals surface area contributed by atoms with E-state index in [1.165, 1.54) is 0 Å². The maximum absolute atomic E-state index is 14.1. The predicted octanol–water partition coefficient (Wildman–Crippen LogP) is 2.49. The number of halogens is 2. The van der Waals surface area contributed by atoms with Crippen LogP contribution in [0.15, 0.2) is 30.5 Å². The molecule has 0 saturated carbocycles. The van der Waals surface area contributed by atoms with Crippen molar-refractivity contribution in [1.29, 1.82) is 0 Å². The number of aliphatic carboxylic acids is 1. The normalized spacial score (nSPS) is 12.1. The molecule has 0 aliphatic heterocycles. The summed E-state index contributed by atoms with van der Waals surface area (Å²) in [5.41, 5.74) is -0.102. The van der Waals surface area contributed by atoms with Crippen LogP contribution in [-0.2, 0) is 4.79 Å². The standard InChI is InChI=1S/C17H14F2N4O3/c1-8-21-15(9-5-6-20-16(9)22-8)17(26)23-12(7-13(24)25)14-10(18)3-2-4-11(14)19/h2-6,12H,7H2,1H3,(H,23,26)(H,24,25)(H,20,21,22)/t12-/m0/s1. The van der Waals surface area contributed by atoms with Crippen LogP contribution in [-0.4, -0.2) is 31.9 Å². The third kappa shape index (κ3) is 3.37. The summed E-state index contributed by atoms with van der Waals surface area (Å²) in [6.07, 6.45) is 0.880. The van der Waals surface area contributed by atoms with Gasteiger partial charge in [0.15, 0.2) is 0 Å². The lowest BCUT2D eigenvalue weighted by Crippen LogP contribution is -2.32. The molecule has 1 aromatic carbocycles. The summed E-state index contributed by atoms with van der Waals surface area (Å²) in [5.74, 6) is -3.64. The van der Waals surface area contributed by atoms with Gasteiger partial charge in [0.2, 0.25) is 0 Å². The number of aromatic amines is 1. The lowest BCUT2D eigenvalue weighted by Gasteiger charge is -2.18. The quantitative estimate of drug-likeness (QED) is 0.648. The van der Waals surface area contributed by atoms with Gasteiger partial charge in [-0.2, -0.15) is 0 Å². The molecule has 0 spiro atoms. The Labute approximate surface area is 146 Å². The maximum atomic E-state index is 14.1. The van der Waals surface area contributed by atoms with Crippen LogP contribution >= 0.6 is 0 Å². The summed E-state index contributed by atoms with van der Waals surface area (Å²) in [6, 6.07) is 3.34. The number of aromatic nitrogens is 3. The Kier molecular flexibility index (Phi) is 4.61. The molecular formula is C17H14F2N4O3. The Morgan fingerprint density at radius 3 is 2.58 bits per heavy atom. The van der Waals surface area contributed by atoms with Crippen LogP contribution in [0.25, 0.3) is 11.0 Å². The van der Waals surface area contributed by atoms with Crippen LogP contribution in [0.3, 0.4) is 0 Å². The molecule has 0 unspecified atom stereocenters. The first-order chi connectivity index (χ1) is 12.4. The van der Waals surface area contributed by atoms with Gasteiger partial charge in [-0.15, -0.1) is 0 Å². The third-order valence-electron chi connectivity index (χ3n) is 3.77. The number of nitrogens with zero attached hydrogens (tertiary/aromatic N) is 2. The van der Waals surface area contributed by atoms with Crippen LogP contribution in [0.1, 0.15) is 34.3 Å². The zero-order valence-corrected chi connectivity index (χ0v) is 13.6. The SMILES string of the molecule is Cc1nc(C(=O)N[C@@H](CC(=O)O)c2c(F)cccc2F)c2cc[nH]c2n1. The Morgan fingerprint density at radius 1 is 1.23 bits per heavy atom. The number of hydrogen-bond donors (Lipinski definition) is 3. The van der Waals surface area contributed by atoms with Crippen molar-refractivity contribution in [3.63, 3.8) is 0 Å². The van der Waals surface area contributed by atoms with Crippen molar-refractivity contribution < 1.29 is 23.5 Å². The molecule has 2 aromatic heterocycles. The van der Waals surface area contributed by atoms with Gasteiger partial charge in [0.1, 0.15) is 28.8 Å². The van der Waals surface area contributed by atoms with Gasteiger partial charge in [-0.25, -0.2) is 18.7 Å². The van der Waals surface area contributed by atoms with E-state index in [1.54, 1.807) is 19.2 Å². The number of fused-ring (bicyclic) bond motifs is 1. The zero-order valence-electron chi connectivity index (χ0n) is 13.6. The van der Waals surface area contributed by atoms with Crippen LogP contribution in [0.5, 0.6) is 0 Å². The van der Waals surface area contributed by atoms with Crippen molar-refractivity contribution in [3.8, 4) is 0 Å². The number of rotatable bonds is 5. The fourth-order valence-corrected chi connectivity index (χ4v) is 2.70. The molecule has 3 N–H and O–H groups in total. The number of benzene rings is 1. The van der Waals surface area contributed by atoms with Crippen molar-refractivity contribution in [2.24, 2.45) is 0 Å². The molecule has 1 amide bonds. The van der Waals surface area contributed by atoms with Gasteiger partial charge < -0.3 is 15.4 Å². The second kappa shape index (κ2) is 6.87. The Bertz CT molecular complexity index is 983. The van der Waals surface area contributed by atoms with Gasteiger partial charge in [-0.1, -0.05) is 6.07 Å². The molecule has 0 aliphatic carbocycles. The molecule has 0 saturated heterocycles. The van der Waals surface area contributed by atoms with Crippen molar-refractivity contribution in [2.45, 2.75) is 19.4 Å². The first kappa shape index (κ1) is 17.5. The van der Waals surface area contributed by atoms with Gasteiger partial charge in [-0.3, -0.25) is 9.59 Å². The predicted molar refractivity (Wildman–Crippen MR) is 87.4 cm³/mol. The lowest BCUT2D eigenvalue weighted by atomic mass is 10.0. The second-order valence-electron chi connectivity index (χ2n) is 5.62. The maximum Gasteiger partial charge on any atom is 0.305 e. The average Bonchev–Trinajstić information content (AvgIpc) is 3.01. The number of amides is 1. The van der Waals surface area contributed by atoms with E-state index in [2.05, 4.69) is 20.3 Å². The van der Waals surface area contributed by atoms with Crippen molar-refractivity contribution in [3.05, 3.63) is 59.2 Å². The smallest absolute Gasteiger partial charge is 0.305 e. The largest absolute Gasteiger partial charge is 0.481 e. The van der Waals surface area contributed by atoms with Crippen LogP contribution < -0.4 is 5.32 Å². The van der Waals surface area contributed by atoms with Crippen LogP contribution in [0, 0.1) is 18.6 Å². The van der Waals surface area contributed by atoms with Gasteiger partial charge in [0.25, 0.3) is 5.91 Å². The van der Waals surface area contributed by atoms with E-state index in [-0.39, 0.29) is 5.69 Å². The molecule has 0 bridgehead atoms. The lowest BCUT2D eigenvalue weighted by molar-refractivity contribution is -0.137. The van der Waals surface area contributed by atoms with E-state index in [0.29, 0.717) is 16.9 Å². The highest BCUT2D eigenvalue weighted by atomic mass is 19.1. The number of nitrogens with one attached hydrogen (secondary N) is 2. The fraction of sp³-hybridized carbons (Fsp3) is 0.176. The molecule has 0 aliphatic rings. The summed E-state index contributed by atoms with van der Waals surface area (Å²) in [7, 11) is 0. The van der Waals surface area contributed by atoms with E-state index >= 15 is 0 Å². The van der Waals surface area contributed by atoms with Gasteiger partial charge >= 0.3 is 5.97 Å². The van der Waals surface area contributed by atoms with Gasteiger partial charge in [-0.05, 0) is 25.1 Å². The monoisotopic (exact) mass is 360 g/mol. The number of carbonyl (C=O) groups is 2. The number of aryl methyl sites for hydroxylation is 1. The number of hydrogen-bond acceptors (Lipinski definition) is 4. The highest BCUT2D eigenvalue weighted by Gasteiger charge is 2.26. The summed E-state index contributed by atoms with van der Waals surface area (Å²) >= 11 is 0. The molecule has 1 atom stereocenters. The van der Waals surface area contributed by atoms with E-state index in [4.69, 9.17) is 5.11 Å². The molecule has 26 heavy (non-hydrogen) atoms. The Balaban J connectivity index is 2.00. The molecule has 0 radical (unpaired) electrons. The average molecular weight is 360 g/mol. The molecule has 7 nitrogen and oxygen atoms in total. The summed E-state index contributed by atoms with van der Waals surface area (Å²) in [6.45, 7) is 1.59. The zero-order chi connectivity index (χ0) is 18.8. The summed E-state index contributed by atoms with van der Waals surface area (Å²) < 4.78 is 28.1. The first-order valence-corrected chi connectivity index (χ1v) is 7.65. The number of H-pyrrole nitrogens is 1. The Morgan fingerprint density at radius 2 is 1.92 bits per heavy atom. The van der Waals surface area contributed by atoms with Gasteiger partial charge in [0, 0.05) is 11.8 Å². The number of carboxylic acids is 1. The highest BCUT2D eigenvalue weighted by Crippen LogP contribution is 2.24. The molecular weight excluding hydrogens is 346 g/mol. The molecule has 2 heterocycles. The molecule has 3 rings (SSSR count). The summed E-state index contributed by atoms with van der Waals surface area (Å²) in [5, 5.41) is 11.8. The Hall–Kier alpha value is -3.36. The van der Waals surface area contributed by atoms with Crippen molar-refractivity contribution in [1.82, 2.24) is 20.3 Å². The number of carbonyl (C=O) groups excluding carboxylic acids is 1. The van der Waals surface area contributed by atoms with Crippen molar-refractivity contribution >= 4 is 22.9 Å². The molecule has 9 heteroatoms. The van der Waals surface area contributed by atoms with Gasteiger partial charge in [0.05, 0.1) is 17.8 Å².